The van der Waals surface area contributed by atoms with Crippen LogP contribution in [-0.4, -0.2) is 59.8 Å². The van der Waals surface area contributed by atoms with Crippen LogP contribution in [0.4, 0.5) is 0 Å². The summed E-state index contributed by atoms with van der Waals surface area (Å²) in [6, 6.07) is 19.4. The first-order valence-electron chi connectivity index (χ1n) is 10.3. The molecule has 0 saturated carbocycles. The molecule has 30 heavy (non-hydrogen) atoms. The Morgan fingerprint density at radius 3 is 2.23 bits per heavy atom. The molecule has 0 amide bonds. The van der Waals surface area contributed by atoms with Gasteiger partial charge in [-0.05, 0) is 18.1 Å². The van der Waals surface area contributed by atoms with Crippen LogP contribution in [0, 0.1) is 0 Å². The van der Waals surface area contributed by atoms with Crippen molar-refractivity contribution in [2.75, 3.05) is 32.8 Å². The van der Waals surface area contributed by atoms with Crippen molar-refractivity contribution >= 4 is 5.97 Å². The second kappa shape index (κ2) is 9.24. The largest absolute Gasteiger partial charge is 0.460 e. The van der Waals surface area contributed by atoms with E-state index in [1.54, 1.807) is 12.4 Å². The van der Waals surface area contributed by atoms with E-state index in [-0.39, 0.29) is 12.1 Å². The SMILES string of the molecule is CC(CN1CCOCC1)OC(=O)C(c1ccccc1)(c1ccccc1)c1ncc[nH]1. The number of ether oxygens (including phenoxy) is 2. The van der Waals surface area contributed by atoms with E-state index in [0.717, 1.165) is 24.2 Å². The number of carbonyl (C=O) groups is 1. The van der Waals surface area contributed by atoms with Gasteiger partial charge in [-0.15, -0.1) is 0 Å². The van der Waals surface area contributed by atoms with Crippen LogP contribution in [0.25, 0.3) is 0 Å². The molecule has 3 aromatic rings. The fourth-order valence-corrected chi connectivity index (χ4v) is 4.07. The van der Waals surface area contributed by atoms with Gasteiger partial charge in [0.15, 0.2) is 5.41 Å². The number of rotatable bonds is 7. The van der Waals surface area contributed by atoms with E-state index in [1.807, 2.05) is 67.6 Å². The fraction of sp³-hybridized carbons (Fsp3) is 0.333. The highest BCUT2D eigenvalue weighted by Crippen LogP contribution is 2.39. The van der Waals surface area contributed by atoms with Gasteiger partial charge in [0.05, 0.1) is 13.2 Å². The second-order valence-electron chi connectivity index (χ2n) is 7.55. The molecule has 2 heterocycles. The molecule has 0 bridgehead atoms. The molecule has 6 heteroatoms. The van der Waals surface area contributed by atoms with Gasteiger partial charge in [0.25, 0.3) is 0 Å². The molecule has 4 rings (SSSR count). The Hall–Kier alpha value is -2.96. The fourth-order valence-electron chi connectivity index (χ4n) is 4.07. The van der Waals surface area contributed by atoms with Crippen LogP contribution in [0.1, 0.15) is 23.9 Å². The van der Waals surface area contributed by atoms with Crippen LogP contribution < -0.4 is 0 Å². The van der Waals surface area contributed by atoms with Crippen molar-refractivity contribution in [1.29, 1.82) is 0 Å². The van der Waals surface area contributed by atoms with Crippen molar-refractivity contribution in [1.82, 2.24) is 14.9 Å². The zero-order chi connectivity index (χ0) is 20.8. The third-order valence-electron chi connectivity index (χ3n) is 5.50. The Balaban J connectivity index is 1.72. The van der Waals surface area contributed by atoms with Gasteiger partial charge in [-0.2, -0.15) is 0 Å². The first-order chi connectivity index (χ1) is 14.7. The van der Waals surface area contributed by atoms with Crippen LogP contribution in [0.15, 0.2) is 73.1 Å². The first kappa shape index (κ1) is 20.3. The lowest BCUT2D eigenvalue weighted by Crippen LogP contribution is -2.45. The van der Waals surface area contributed by atoms with Gasteiger partial charge in [-0.25, -0.2) is 4.98 Å². The summed E-state index contributed by atoms with van der Waals surface area (Å²) in [5, 5.41) is 0. The molecule has 1 unspecified atom stereocenters. The summed E-state index contributed by atoms with van der Waals surface area (Å²) in [4.78, 5) is 23.8. The highest BCUT2D eigenvalue weighted by molar-refractivity contribution is 5.91. The molecular formula is C24H27N3O3. The summed E-state index contributed by atoms with van der Waals surface area (Å²) in [6.45, 7) is 5.74. The number of hydrogen-bond acceptors (Lipinski definition) is 5. The molecular weight excluding hydrogens is 378 g/mol. The summed E-state index contributed by atoms with van der Waals surface area (Å²) in [7, 11) is 0. The van der Waals surface area contributed by atoms with Crippen LogP contribution in [0.3, 0.4) is 0 Å². The van der Waals surface area contributed by atoms with E-state index < -0.39 is 5.41 Å². The average Bonchev–Trinajstić information content (AvgIpc) is 3.31. The number of aromatic amines is 1. The van der Waals surface area contributed by atoms with Crippen LogP contribution in [0.2, 0.25) is 0 Å². The molecule has 1 N–H and O–H groups in total. The maximum absolute atomic E-state index is 13.9. The smallest absolute Gasteiger partial charge is 0.329 e. The number of nitrogens with one attached hydrogen (secondary N) is 1. The van der Waals surface area contributed by atoms with Crippen molar-refractivity contribution < 1.29 is 14.3 Å². The molecule has 1 atom stereocenters. The normalized spacial score (nSPS) is 16.2. The molecule has 2 aromatic carbocycles. The van der Waals surface area contributed by atoms with E-state index in [9.17, 15) is 4.79 Å². The van der Waals surface area contributed by atoms with Gasteiger partial charge in [0.1, 0.15) is 11.9 Å². The predicted molar refractivity (Wildman–Crippen MR) is 114 cm³/mol. The lowest BCUT2D eigenvalue weighted by molar-refractivity contribution is -0.153. The van der Waals surface area contributed by atoms with Crippen LogP contribution in [-0.2, 0) is 19.7 Å². The topological polar surface area (TPSA) is 67.5 Å². The minimum atomic E-state index is -1.18. The zero-order valence-corrected chi connectivity index (χ0v) is 17.2. The molecule has 1 aliphatic heterocycles. The van der Waals surface area contributed by atoms with Crippen LogP contribution >= 0.6 is 0 Å². The Bertz CT molecular complexity index is 883. The molecule has 1 fully saturated rings. The van der Waals surface area contributed by atoms with Crippen molar-refractivity contribution in [3.05, 3.63) is 90.0 Å². The van der Waals surface area contributed by atoms with Gasteiger partial charge in [0, 0.05) is 32.0 Å². The lowest BCUT2D eigenvalue weighted by Gasteiger charge is -2.34. The maximum atomic E-state index is 13.9. The van der Waals surface area contributed by atoms with E-state index in [4.69, 9.17) is 9.47 Å². The molecule has 0 aliphatic carbocycles. The Morgan fingerprint density at radius 1 is 1.10 bits per heavy atom. The third-order valence-corrected chi connectivity index (χ3v) is 5.50. The monoisotopic (exact) mass is 405 g/mol. The summed E-state index contributed by atoms with van der Waals surface area (Å²) in [5.41, 5.74) is 0.454. The van der Waals surface area contributed by atoms with Gasteiger partial charge >= 0.3 is 5.97 Å². The minimum absolute atomic E-state index is 0.266. The summed E-state index contributed by atoms with van der Waals surface area (Å²) >= 11 is 0. The highest BCUT2D eigenvalue weighted by Gasteiger charge is 2.48. The van der Waals surface area contributed by atoms with E-state index in [2.05, 4.69) is 14.9 Å². The van der Waals surface area contributed by atoms with E-state index >= 15 is 0 Å². The van der Waals surface area contributed by atoms with Gasteiger partial charge < -0.3 is 14.5 Å². The predicted octanol–water partition coefficient (Wildman–Crippen LogP) is 3.01. The van der Waals surface area contributed by atoms with Crippen molar-refractivity contribution in [3.8, 4) is 0 Å². The summed E-state index contributed by atoms with van der Waals surface area (Å²) in [5.74, 6) is 0.207. The average molecular weight is 405 g/mol. The van der Waals surface area contributed by atoms with Crippen molar-refractivity contribution in [2.24, 2.45) is 0 Å². The van der Waals surface area contributed by atoms with Gasteiger partial charge in [0.2, 0.25) is 0 Å². The molecule has 156 valence electrons. The van der Waals surface area contributed by atoms with Gasteiger partial charge in [-0.3, -0.25) is 9.69 Å². The van der Waals surface area contributed by atoms with E-state index in [0.29, 0.717) is 25.6 Å². The Morgan fingerprint density at radius 2 is 1.70 bits per heavy atom. The summed E-state index contributed by atoms with van der Waals surface area (Å²) < 4.78 is 11.5. The third kappa shape index (κ3) is 4.01. The number of hydrogen-bond donors (Lipinski definition) is 1. The van der Waals surface area contributed by atoms with Gasteiger partial charge in [-0.1, -0.05) is 60.7 Å². The van der Waals surface area contributed by atoms with Crippen LogP contribution in [0.5, 0.6) is 0 Å². The number of aromatic nitrogens is 2. The first-order valence-corrected chi connectivity index (χ1v) is 10.3. The second-order valence-corrected chi connectivity index (χ2v) is 7.55. The standard InChI is InChI=1S/C24H27N3O3/c1-19(18-27-14-16-29-17-15-27)30-23(28)24(22-25-12-13-26-22,20-8-4-2-5-9-20)21-10-6-3-7-11-21/h2-13,19H,14-18H2,1H3,(H,25,26). The molecule has 0 radical (unpaired) electrons. The number of imidazole rings is 1. The number of carbonyl (C=O) groups excluding carboxylic acids is 1. The zero-order valence-electron chi connectivity index (χ0n) is 17.2. The number of morpholine rings is 1. The molecule has 1 saturated heterocycles. The molecule has 6 nitrogen and oxygen atoms in total. The Kier molecular flexibility index (Phi) is 6.26. The number of H-pyrrole nitrogens is 1. The quantitative estimate of drug-likeness (QED) is 0.612. The number of nitrogens with zero attached hydrogens (tertiary/aromatic N) is 2. The highest BCUT2D eigenvalue weighted by atomic mass is 16.5. The number of esters is 1. The minimum Gasteiger partial charge on any atom is -0.460 e. The maximum Gasteiger partial charge on any atom is 0.329 e. The molecule has 1 aromatic heterocycles. The van der Waals surface area contributed by atoms with Crippen molar-refractivity contribution in [3.63, 3.8) is 0 Å². The summed E-state index contributed by atoms with van der Waals surface area (Å²) in [6.07, 6.45) is 3.14. The van der Waals surface area contributed by atoms with Crippen molar-refractivity contribution in [2.45, 2.75) is 18.4 Å². The molecule has 0 spiro atoms. The lowest BCUT2D eigenvalue weighted by atomic mass is 9.73. The van der Waals surface area contributed by atoms with E-state index in [1.165, 1.54) is 0 Å². The Labute approximate surface area is 176 Å². The molecule has 1 aliphatic rings. The number of benzene rings is 2.